The zero-order valence-corrected chi connectivity index (χ0v) is 13.7. The summed E-state index contributed by atoms with van der Waals surface area (Å²) < 4.78 is 0. The highest BCUT2D eigenvalue weighted by Gasteiger charge is 2.23. The topological polar surface area (TPSA) is 61.6 Å². The van der Waals surface area contributed by atoms with Crippen molar-refractivity contribution in [1.29, 1.82) is 0 Å². The number of hydrogen-bond acceptors (Lipinski definition) is 4. The summed E-state index contributed by atoms with van der Waals surface area (Å²) in [5.74, 6) is 0.134. The van der Waals surface area contributed by atoms with Crippen LogP contribution in [0.25, 0.3) is 0 Å². The molecule has 1 rings (SSSR count). The van der Waals surface area contributed by atoms with Crippen LogP contribution in [0.15, 0.2) is 0 Å². The van der Waals surface area contributed by atoms with Crippen LogP contribution < -0.4 is 11.1 Å². The van der Waals surface area contributed by atoms with Gasteiger partial charge in [0, 0.05) is 32.2 Å². The second-order valence-corrected chi connectivity index (χ2v) is 5.94. The van der Waals surface area contributed by atoms with Crippen molar-refractivity contribution in [3.05, 3.63) is 0 Å². The van der Waals surface area contributed by atoms with Gasteiger partial charge in [-0.15, -0.1) is 0 Å². The molecule has 0 radical (unpaired) electrons. The van der Waals surface area contributed by atoms with E-state index in [0.29, 0.717) is 17.6 Å². The SMILES string of the molecule is CCC(CC)NC(=O)CN1CCN(C(C)C(N)=S)CC1. The zero-order valence-electron chi connectivity index (χ0n) is 12.9. The quantitative estimate of drug-likeness (QED) is 0.674. The number of hydrogen-bond donors (Lipinski definition) is 2. The molecule has 0 aromatic heterocycles. The fourth-order valence-corrected chi connectivity index (χ4v) is 2.61. The van der Waals surface area contributed by atoms with Crippen LogP contribution in [0.1, 0.15) is 33.6 Å². The van der Waals surface area contributed by atoms with Gasteiger partial charge in [-0.1, -0.05) is 26.1 Å². The van der Waals surface area contributed by atoms with Crippen LogP contribution in [-0.2, 0) is 4.79 Å². The van der Waals surface area contributed by atoms with Crippen molar-refractivity contribution < 1.29 is 4.79 Å². The predicted octanol–water partition coefficient (Wildman–Crippen LogP) is 0.583. The molecule has 20 heavy (non-hydrogen) atoms. The molecule has 0 aromatic rings. The van der Waals surface area contributed by atoms with E-state index in [0.717, 1.165) is 39.0 Å². The van der Waals surface area contributed by atoms with E-state index in [1.807, 2.05) is 6.92 Å². The van der Waals surface area contributed by atoms with Gasteiger partial charge in [0.2, 0.25) is 5.91 Å². The van der Waals surface area contributed by atoms with Crippen LogP contribution in [0.2, 0.25) is 0 Å². The molecule has 0 aromatic carbocycles. The molecule has 3 N–H and O–H groups in total. The van der Waals surface area contributed by atoms with E-state index in [1.54, 1.807) is 0 Å². The van der Waals surface area contributed by atoms with Gasteiger partial charge in [-0.2, -0.15) is 0 Å². The van der Waals surface area contributed by atoms with Crippen LogP contribution in [0.5, 0.6) is 0 Å². The van der Waals surface area contributed by atoms with Gasteiger partial charge in [-0.05, 0) is 19.8 Å². The Kier molecular flexibility index (Phi) is 7.40. The molecule has 1 saturated heterocycles. The van der Waals surface area contributed by atoms with Crippen LogP contribution in [0.4, 0.5) is 0 Å². The van der Waals surface area contributed by atoms with E-state index in [2.05, 4.69) is 29.0 Å². The fourth-order valence-electron chi connectivity index (χ4n) is 2.46. The standard InChI is InChI=1S/C14H28N4OS/c1-4-12(5-2)16-13(19)10-17-6-8-18(9-7-17)11(3)14(15)20/h11-12H,4-10H2,1-3H3,(H2,15,20)(H,16,19). The predicted molar refractivity (Wildman–Crippen MR) is 86.8 cm³/mol. The van der Waals surface area contributed by atoms with Gasteiger partial charge in [-0.25, -0.2) is 0 Å². The Balaban J connectivity index is 2.32. The molecule has 0 bridgehead atoms. The zero-order chi connectivity index (χ0) is 15.1. The summed E-state index contributed by atoms with van der Waals surface area (Å²) in [5.41, 5.74) is 5.68. The summed E-state index contributed by atoms with van der Waals surface area (Å²) in [5, 5.41) is 3.08. The smallest absolute Gasteiger partial charge is 0.234 e. The van der Waals surface area contributed by atoms with Crippen LogP contribution in [0, 0.1) is 0 Å². The maximum absolute atomic E-state index is 12.0. The van der Waals surface area contributed by atoms with Gasteiger partial charge in [0.15, 0.2) is 0 Å². The Morgan fingerprint density at radius 2 is 1.80 bits per heavy atom. The molecule has 1 aliphatic rings. The minimum atomic E-state index is 0.134. The van der Waals surface area contributed by atoms with Crippen molar-refractivity contribution in [1.82, 2.24) is 15.1 Å². The molecule has 1 fully saturated rings. The number of nitrogens with zero attached hydrogens (tertiary/aromatic N) is 2. The van der Waals surface area contributed by atoms with E-state index in [-0.39, 0.29) is 11.9 Å². The largest absolute Gasteiger partial charge is 0.392 e. The average molecular weight is 300 g/mol. The first-order valence-electron chi connectivity index (χ1n) is 7.53. The Morgan fingerprint density at radius 3 is 2.25 bits per heavy atom. The number of nitrogens with one attached hydrogen (secondary N) is 1. The average Bonchev–Trinajstić information content (AvgIpc) is 2.44. The van der Waals surface area contributed by atoms with E-state index in [4.69, 9.17) is 18.0 Å². The van der Waals surface area contributed by atoms with Crippen molar-refractivity contribution in [3.8, 4) is 0 Å². The molecule has 5 nitrogen and oxygen atoms in total. The normalized spacial score (nSPS) is 19.0. The number of thiocarbonyl (C=S) groups is 1. The van der Waals surface area contributed by atoms with Crippen molar-refractivity contribution >= 4 is 23.1 Å². The highest BCUT2D eigenvalue weighted by molar-refractivity contribution is 7.80. The molecule has 1 atom stereocenters. The first-order chi connectivity index (χ1) is 9.47. The molecule has 0 aliphatic carbocycles. The number of piperazine rings is 1. The number of amides is 1. The van der Waals surface area contributed by atoms with Crippen LogP contribution in [-0.4, -0.2) is 65.5 Å². The molecule has 1 amide bonds. The Morgan fingerprint density at radius 1 is 1.25 bits per heavy atom. The first-order valence-corrected chi connectivity index (χ1v) is 7.93. The van der Waals surface area contributed by atoms with Gasteiger partial charge in [-0.3, -0.25) is 14.6 Å². The number of rotatable bonds is 7. The lowest BCUT2D eigenvalue weighted by molar-refractivity contribution is -0.123. The second-order valence-electron chi connectivity index (χ2n) is 5.47. The summed E-state index contributed by atoms with van der Waals surface area (Å²) in [6, 6.07) is 0.448. The van der Waals surface area contributed by atoms with Gasteiger partial charge >= 0.3 is 0 Å². The minimum absolute atomic E-state index is 0.134. The maximum atomic E-state index is 12.0. The molecular weight excluding hydrogens is 272 g/mol. The van der Waals surface area contributed by atoms with Crippen LogP contribution in [0.3, 0.4) is 0 Å². The van der Waals surface area contributed by atoms with E-state index in [9.17, 15) is 4.79 Å². The monoisotopic (exact) mass is 300 g/mol. The molecular formula is C14H28N4OS. The molecule has 116 valence electrons. The third-order valence-electron chi connectivity index (χ3n) is 4.08. The lowest BCUT2D eigenvalue weighted by Gasteiger charge is -2.37. The minimum Gasteiger partial charge on any atom is -0.392 e. The molecule has 0 saturated carbocycles. The van der Waals surface area contributed by atoms with Gasteiger partial charge < -0.3 is 11.1 Å². The summed E-state index contributed by atoms with van der Waals surface area (Å²) in [4.78, 5) is 17.0. The molecule has 0 spiro atoms. The van der Waals surface area contributed by atoms with Crippen molar-refractivity contribution in [2.45, 2.75) is 45.7 Å². The number of carbonyl (C=O) groups excluding carboxylic acids is 1. The summed E-state index contributed by atoms with van der Waals surface area (Å²) in [6.45, 7) is 10.3. The molecule has 1 unspecified atom stereocenters. The van der Waals surface area contributed by atoms with Gasteiger partial charge in [0.05, 0.1) is 17.6 Å². The number of carbonyl (C=O) groups is 1. The summed E-state index contributed by atoms with van der Waals surface area (Å²) >= 11 is 5.03. The van der Waals surface area contributed by atoms with E-state index >= 15 is 0 Å². The van der Waals surface area contributed by atoms with Crippen LogP contribution >= 0.6 is 12.2 Å². The Hall–Kier alpha value is -0.720. The van der Waals surface area contributed by atoms with E-state index in [1.165, 1.54) is 0 Å². The fraction of sp³-hybridized carbons (Fsp3) is 0.857. The molecule has 1 heterocycles. The number of nitrogens with two attached hydrogens (primary N) is 1. The lowest BCUT2D eigenvalue weighted by Crippen LogP contribution is -2.54. The van der Waals surface area contributed by atoms with Crippen molar-refractivity contribution in [2.75, 3.05) is 32.7 Å². The van der Waals surface area contributed by atoms with Gasteiger partial charge in [0.25, 0.3) is 0 Å². The Labute approximate surface area is 127 Å². The highest BCUT2D eigenvalue weighted by Crippen LogP contribution is 2.06. The van der Waals surface area contributed by atoms with Crippen molar-refractivity contribution in [3.63, 3.8) is 0 Å². The summed E-state index contributed by atoms with van der Waals surface area (Å²) in [7, 11) is 0. The molecule has 1 aliphatic heterocycles. The third kappa shape index (κ3) is 5.34. The lowest BCUT2D eigenvalue weighted by atomic mass is 10.1. The van der Waals surface area contributed by atoms with Gasteiger partial charge in [0.1, 0.15) is 0 Å². The van der Waals surface area contributed by atoms with Crippen molar-refractivity contribution in [2.24, 2.45) is 5.73 Å². The highest BCUT2D eigenvalue weighted by atomic mass is 32.1. The summed E-state index contributed by atoms with van der Waals surface area (Å²) in [6.07, 6.45) is 1.98. The molecule has 6 heteroatoms. The first kappa shape index (κ1) is 17.3. The third-order valence-corrected chi connectivity index (χ3v) is 4.43. The Bertz CT molecular complexity index is 325. The second kappa shape index (κ2) is 8.54. The van der Waals surface area contributed by atoms with E-state index < -0.39 is 0 Å². The maximum Gasteiger partial charge on any atom is 0.234 e.